The van der Waals surface area contributed by atoms with Gasteiger partial charge in [0.15, 0.2) is 0 Å². The molecule has 0 fully saturated rings. The lowest BCUT2D eigenvalue weighted by Crippen LogP contribution is -2.17. The van der Waals surface area contributed by atoms with Crippen molar-refractivity contribution in [3.63, 3.8) is 0 Å². The number of ether oxygens (including phenoxy) is 2. The molecule has 1 aromatic carbocycles. The highest BCUT2D eigenvalue weighted by molar-refractivity contribution is 7.09. The Kier molecular flexibility index (Phi) is 5.03. The minimum Gasteiger partial charge on any atom is -0.497 e. The molecule has 1 aromatic heterocycles. The number of nitrogens with two attached hydrogens (primary N) is 1. The summed E-state index contributed by atoms with van der Waals surface area (Å²) in [6.07, 6.45) is 0.759. The van der Waals surface area contributed by atoms with Gasteiger partial charge in [-0.1, -0.05) is 11.3 Å². The lowest BCUT2D eigenvalue weighted by Gasteiger charge is -2.13. The number of hydrogen-bond acceptors (Lipinski definition) is 5. The normalized spacial score (nSPS) is 10.7. The maximum atomic E-state index is 12.2. The molecular formula is C15H20N2O3S. The molecule has 21 heavy (non-hydrogen) atoms. The van der Waals surface area contributed by atoms with Crippen molar-refractivity contribution in [2.24, 2.45) is 5.73 Å². The first-order valence-corrected chi connectivity index (χ1v) is 7.56. The number of benzene rings is 1. The fraction of sp³-hybridized carbons (Fsp3) is 0.400. The second kappa shape index (κ2) is 6.78. The van der Waals surface area contributed by atoms with Crippen LogP contribution in [0.1, 0.15) is 11.3 Å². The number of aryl methyl sites for hydroxylation is 1. The Hall–Kier alpha value is -1.79. The number of aromatic nitrogens is 1. The largest absolute Gasteiger partial charge is 0.497 e. The van der Waals surface area contributed by atoms with Gasteiger partial charge in [0.2, 0.25) is 0 Å². The fourth-order valence-electron chi connectivity index (χ4n) is 2.30. The molecule has 2 rings (SSSR count). The molecule has 0 saturated carbocycles. The molecule has 0 atom stereocenters. The summed E-state index contributed by atoms with van der Waals surface area (Å²) in [6, 6.07) is 5.58. The van der Waals surface area contributed by atoms with Gasteiger partial charge in [-0.05, 0) is 38.1 Å². The highest BCUT2D eigenvalue weighted by atomic mass is 32.1. The second-order valence-corrected chi connectivity index (χ2v) is 5.80. The van der Waals surface area contributed by atoms with Gasteiger partial charge in [0.1, 0.15) is 11.5 Å². The van der Waals surface area contributed by atoms with Crippen LogP contribution in [0.4, 0.5) is 0 Å². The van der Waals surface area contributed by atoms with Gasteiger partial charge in [0, 0.05) is 17.0 Å². The summed E-state index contributed by atoms with van der Waals surface area (Å²) in [7, 11) is 3.24. The van der Waals surface area contributed by atoms with Crippen molar-refractivity contribution in [1.29, 1.82) is 0 Å². The van der Waals surface area contributed by atoms with E-state index in [2.05, 4.69) is 0 Å². The molecule has 0 unspecified atom stereocenters. The molecule has 0 aliphatic heterocycles. The summed E-state index contributed by atoms with van der Waals surface area (Å²) in [5, 5.41) is 0. The van der Waals surface area contributed by atoms with Crippen LogP contribution in [0.3, 0.4) is 0 Å². The second-order valence-electron chi connectivity index (χ2n) is 4.63. The Labute approximate surface area is 127 Å². The van der Waals surface area contributed by atoms with Crippen molar-refractivity contribution in [1.82, 2.24) is 4.57 Å². The molecule has 0 aliphatic carbocycles. The van der Waals surface area contributed by atoms with Crippen LogP contribution in [0.2, 0.25) is 0 Å². The van der Waals surface area contributed by atoms with Crippen LogP contribution >= 0.6 is 11.3 Å². The number of nitrogens with zero attached hydrogens (tertiary/aromatic N) is 1. The van der Waals surface area contributed by atoms with Crippen LogP contribution < -0.4 is 20.1 Å². The number of methoxy groups -OCH3 is 2. The Bertz CT molecular complexity index is 676. The van der Waals surface area contributed by atoms with Gasteiger partial charge in [0.05, 0.1) is 19.9 Å². The van der Waals surface area contributed by atoms with Crippen molar-refractivity contribution >= 4 is 11.3 Å². The Morgan fingerprint density at radius 3 is 2.67 bits per heavy atom. The van der Waals surface area contributed by atoms with Gasteiger partial charge in [0.25, 0.3) is 0 Å². The molecule has 2 aromatic rings. The fourth-order valence-corrected chi connectivity index (χ4v) is 3.17. The van der Waals surface area contributed by atoms with Gasteiger partial charge >= 0.3 is 4.87 Å². The molecule has 5 nitrogen and oxygen atoms in total. The average Bonchev–Trinajstić information content (AvgIpc) is 2.78. The van der Waals surface area contributed by atoms with Gasteiger partial charge in [-0.15, -0.1) is 0 Å². The third kappa shape index (κ3) is 3.11. The summed E-state index contributed by atoms with van der Waals surface area (Å²) in [5.41, 5.74) is 7.32. The van der Waals surface area contributed by atoms with Gasteiger partial charge in [-0.3, -0.25) is 9.36 Å². The quantitative estimate of drug-likeness (QED) is 0.889. The first kappa shape index (κ1) is 15.6. The molecule has 1 heterocycles. The summed E-state index contributed by atoms with van der Waals surface area (Å²) in [6.45, 7) is 3.10. The SMILES string of the molecule is COc1ccc(OC)c(-c2c(C)sc(=O)n2CCCN)c1. The Balaban J connectivity index is 2.62. The molecular weight excluding hydrogens is 288 g/mol. The van der Waals surface area contributed by atoms with E-state index in [4.69, 9.17) is 15.2 Å². The van der Waals surface area contributed by atoms with Crippen LogP contribution in [0, 0.1) is 6.92 Å². The molecule has 2 N–H and O–H groups in total. The van der Waals surface area contributed by atoms with Gasteiger partial charge in [-0.2, -0.15) is 0 Å². The van der Waals surface area contributed by atoms with Crippen molar-refractivity contribution in [3.8, 4) is 22.8 Å². The van der Waals surface area contributed by atoms with E-state index in [0.29, 0.717) is 13.1 Å². The Morgan fingerprint density at radius 1 is 1.29 bits per heavy atom. The maximum Gasteiger partial charge on any atom is 0.307 e. The lowest BCUT2D eigenvalue weighted by atomic mass is 10.1. The Morgan fingerprint density at radius 2 is 2.05 bits per heavy atom. The van der Waals surface area contributed by atoms with E-state index in [1.165, 1.54) is 11.3 Å². The first-order chi connectivity index (χ1) is 10.1. The predicted octanol–water partition coefficient (Wildman–Crippen LogP) is 2.25. The summed E-state index contributed by atoms with van der Waals surface area (Å²) in [5.74, 6) is 1.45. The zero-order chi connectivity index (χ0) is 15.4. The lowest BCUT2D eigenvalue weighted by molar-refractivity contribution is 0.404. The first-order valence-electron chi connectivity index (χ1n) is 6.75. The number of thiazole rings is 1. The van der Waals surface area contributed by atoms with Crippen LogP contribution in [0.5, 0.6) is 11.5 Å². The topological polar surface area (TPSA) is 66.5 Å². The number of hydrogen-bond donors (Lipinski definition) is 1. The van der Waals surface area contributed by atoms with Crippen molar-refractivity contribution in [3.05, 3.63) is 32.7 Å². The smallest absolute Gasteiger partial charge is 0.307 e. The monoisotopic (exact) mass is 308 g/mol. The molecule has 0 saturated heterocycles. The minimum absolute atomic E-state index is 0.0285. The standard InChI is InChI=1S/C15H20N2O3S/c1-10-14(17(8-4-7-16)15(18)21-10)12-9-11(19-2)5-6-13(12)20-3/h5-6,9H,4,7-8,16H2,1-3H3. The molecule has 6 heteroatoms. The minimum atomic E-state index is 0.0285. The molecule has 0 radical (unpaired) electrons. The van der Waals surface area contributed by atoms with E-state index in [0.717, 1.165) is 34.1 Å². The van der Waals surface area contributed by atoms with Crippen LogP contribution in [0.15, 0.2) is 23.0 Å². The van der Waals surface area contributed by atoms with E-state index >= 15 is 0 Å². The van der Waals surface area contributed by atoms with Crippen LogP contribution in [-0.4, -0.2) is 25.3 Å². The summed E-state index contributed by atoms with van der Waals surface area (Å²) >= 11 is 1.24. The zero-order valence-corrected chi connectivity index (χ0v) is 13.3. The van der Waals surface area contributed by atoms with E-state index in [9.17, 15) is 4.79 Å². The van der Waals surface area contributed by atoms with Crippen LogP contribution in [0.25, 0.3) is 11.3 Å². The van der Waals surface area contributed by atoms with Gasteiger partial charge in [-0.25, -0.2) is 0 Å². The molecule has 0 bridgehead atoms. The van der Waals surface area contributed by atoms with E-state index in [1.807, 2.05) is 25.1 Å². The van der Waals surface area contributed by atoms with E-state index in [-0.39, 0.29) is 4.87 Å². The third-order valence-electron chi connectivity index (χ3n) is 3.31. The highest BCUT2D eigenvalue weighted by Gasteiger charge is 2.18. The van der Waals surface area contributed by atoms with E-state index < -0.39 is 0 Å². The molecule has 114 valence electrons. The van der Waals surface area contributed by atoms with Crippen molar-refractivity contribution < 1.29 is 9.47 Å². The van der Waals surface area contributed by atoms with Gasteiger partial charge < -0.3 is 15.2 Å². The predicted molar refractivity (Wildman–Crippen MR) is 85.5 cm³/mol. The molecule has 0 amide bonds. The van der Waals surface area contributed by atoms with Crippen molar-refractivity contribution in [2.45, 2.75) is 19.9 Å². The van der Waals surface area contributed by atoms with Crippen LogP contribution in [-0.2, 0) is 6.54 Å². The third-order valence-corrected chi connectivity index (χ3v) is 4.21. The van der Waals surface area contributed by atoms with Crippen molar-refractivity contribution in [2.75, 3.05) is 20.8 Å². The highest BCUT2D eigenvalue weighted by Crippen LogP contribution is 2.36. The zero-order valence-electron chi connectivity index (χ0n) is 12.5. The molecule has 0 aliphatic rings. The molecule has 0 spiro atoms. The summed E-state index contributed by atoms with van der Waals surface area (Å²) in [4.78, 5) is 13.2. The van der Waals surface area contributed by atoms with E-state index in [1.54, 1.807) is 18.8 Å². The maximum absolute atomic E-state index is 12.2. The average molecular weight is 308 g/mol. The number of rotatable bonds is 6. The summed E-state index contributed by atoms with van der Waals surface area (Å²) < 4.78 is 12.5.